The number of hydrogen-bond acceptors (Lipinski definition) is 5. The number of benzene rings is 3. The molecule has 1 saturated heterocycles. The van der Waals surface area contributed by atoms with Gasteiger partial charge in [0, 0.05) is 12.6 Å². The van der Waals surface area contributed by atoms with Crippen LogP contribution >= 0.6 is 0 Å². The second kappa shape index (κ2) is 9.65. The normalized spacial score (nSPS) is 13.9. The predicted octanol–water partition coefficient (Wildman–Crippen LogP) is 4.68. The Hall–Kier alpha value is -3.71. The molecule has 2 heterocycles. The van der Waals surface area contributed by atoms with Crippen molar-refractivity contribution in [3.05, 3.63) is 83.2 Å². The van der Waals surface area contributed by atoms with Crippen molar-refractivity contribution in [2.45, 2.75) is 12.8 Å². The summed E-state index contributed by atoms with van der Waals surface area (Å²) in [5, 5.41) is 0.479. The van der Waals surface area contributed by atoms with Gasteiger partial charge in [-0.05, 0) is 73.5 Å². The van der Waals surface area contributed by atoms with Crippen molar-refractivity contribution in [2.75, 3.05) is 33.4 Å². The summed E-state index contributed by atoms with van der Waals surface area (Å²) in [7, 11) is 1.59. The van der Waals surface area contributed by atoms with E-state index < -0.39 is 0 Å². The van der Waals surface area contributed by atoms with Gasteiger partial charge in [0.25, 0.3) is 5.56 Å². The quantitative estimate of drug-likeness (QED) is 0.402. The molecule has 0 amide bonds. The van der Waals surface area contributed by atoms with Crippen LogP contribution in [0.15, 0.2) is 71.8 Å². The van der Waals surface area contributed by atoms with Crippen molar-refractivity contribution < 1.29 is 13.9 Å². The highest BCUT2D eigenvalue weighted by Crippen LogP contribution is 2.30. The van der Waals surface area contributed by atoms with Gasteiger partial charge in [-0.3, -0.25) is 14.3 Å². The first-order chi connectivity index (χ1) is 16.6. The number of fused-ring (bicyclic) bond motifs is 1. The van der Waals surface area contributed by atoms with Crippen LogP contribution in [0.4, 0.5) is 4.39 Å². The highest BCUT2D eigenvalue weighted by molar-refractivity contribution is 5.83. The van der Waals surface area contributed by atoms with Gasteiger partial charge < -0.3 is 9.47 Å². The van der Waals surface area contributed by atoms with Crippen molar-refractivity contribution in [1.29, 1.82) is 0 Å². The van der Waals surface area contributed by atoms with E-state index >= 15 is 0 Å². The zero-order valence-corrected chi connectivity index (χ0v) is 19.0. The summed E-state index contributed by atoms with van der Waals surface area (Å²) < 4.78 is 26.6. The van der Waals surface area contributed by atoms with Gasteiger partial charge in [-0.2, -0.15) is 0 Å². The van der Waals surface area contributed by atoms with Gasteiger partial charge in [0.2, 0.25) is 0 Å². The van der Waals surface area contributed by atoms with Crippen LogP contribution in [0.2, 0.25) is 0 Å². The van der Waals surface area contributed by atoms with Gasteiger partial charge in [-0.1, -0.05) is 18.2 Å². The molecule has 1 aliphatic heterocycles. The minimum absolute atomic E-state index is 0.194. The molecule has 1 fully saturated rings. The molecule has 7 heteroatoms. The first kappa shape index (κ1) is 22.1. The van der Waals surface area contributed by atoms with Crippen LogP contribution < -0.4 is 15.0 Å². The largest absolute Gasteiger partial charge is 0.493 e. The van der Waals surface area contributed by atoms with E-state index in [1.165, 1.54) is 35.9 Å². The van der Waals surface area contributed by atoms with E-state index in [1.54, 1.807) is 31.4 Å². The second-order valence-electron chi connectivity index (χ2n) is 8.39. The number of likely N-dealkylation sites (tertiary alicyclic amines) is 1. The smallest absolute Gasteiger partial charge is 0.265 e. The van der Waals surface area contributed by atoms with Gasteiger partial charge in [0.15, 0.2) is 11.5 Å². The molecule has 1 aliphatic rings. The van der Waals surface area contributed by atoms with Gasteiger partial charge in [0.1, 0.15) is 18.8 Å². The van der Waals surface area contributed by atoms with Crippen molar-refractivity contribution in [3.8, 4) is 28.3 Å². The molecule has 0 bridgehead atoms. The third kappa shape index (κ3) is 4.52. The van der Waals surface area contributed by atoms with E-state index in [4.69, 9.17) is 9.47 Å². The highest BCUT2D eigenvalue weighted by Gasteiger charge is 2.14. The lowest BCUT2D eigenvalue weighted by Crippen LogP contribution is -2.25. The Morgan fingerprint density at radius 3 is 2.59 bits per heavy atom. The van der Waals surface area contributed by atoms with E-state index in [0.29, 0.717) is 34.7 Å². The molecule has 0 spiro atoms. The standard InChI is InChI=1S/C27H26FN3O3/c1-33-26-17-22(8-10-25(26)34-14-13-30-11-2-3-12-30)31-18-29-24-16-20(7-9-23(24)27(31)32)19-5-4-6-21(28)15-19/h4-10,15-18H,2-3,11-14H2,1H3. The molecular weight excluding hydrogens is 433 g/mol. The van der Waals surface area contributed by atoms with Crippen molar-refractivity contribution in [3.63, 3.8) is 0 Å². The predicted molar refractivity (Wildman–Crippen MR) is 130 cm³/mol. The molecule has 0 atom stereocenters. The number of nitrogens with zero attached hydrogens (tertiary/aromatic N) is 3. The maximum Gasteiger partial charge on any atom is 0.265 e. The number of halogens is 1. The fourth-order valence-electron chi connectivity index (χ4n) is 4.37. The van der Waals surface area contributed by atoms with Crippen molar-refractivity contribution in [1.82, 2.24) is 14.5 Å². The zero-order valence-electron chi connectivity index (χ0n) is 19.0. The Balaban J connectivity index is 1.41. The average Bonchev–Trinajstić information content (AvgIpc) is 3.38. The lowest BCUT2D eigenvalue weighted by atomic mass is 10.0. The molecule has 0 radical (unpaired) electrons. The Bertz CT molecular complexity index is 1380. The van der Waals surface area contributed by atoms with Gasteiger partial charge in [-0.25, -0.2) is 9.37 Å². The zero-order chi connectivity index (χ0) is 23.5. The summed E-state index contributed by atoms with van der Waals surface area (Å²) in [6, 6.07) is 17.1. The highest BCUT2D eigenvalue weighted by atomic mass is 19.1. The summed E-state index contributed by atoms with van der Waals surface area (Å²) in [6.45, 7) is 3.72. The number of hydrogen-bond donors (Lipinski definition) is 0. The van der Waals surface area contributed by atoms with Crippen LogP contribution in [0.25, 0.3) is 27.7 Å². The molecule has 4 aromatic rings. The minimum Gasteiger partial charge on any atom is -0.493 e. The lowest BCUT2D eigenvalue weighted by molar-refractivity contribution is 0.230. The molecule has 5 rings (SSSR count). The van der Waals surface area contributed by atoms with E-state index in [1.807, 2.05) is 24.3 Å². The van der Waals surface area contributed by atoms with Crippen LogP contribution in [0.1, 0.15) is 12.8 Å². The number of aromatic nitrogens is 2. The number of methoxy groups -OCH3 is 1. The Morgan fingerprint density at radius 2 is 1.79 bits per heavy atom. The molecule has 0 N–H and O–H groups in total. The van der Waals surface area contributed by atoms with E-state index in [0.717, 1.165) is 30.8 Å². The SMILES string of the molecule is COc1cc(-n2cnc3cc(-c4cccc(F)c4)ccc3c2=O)ccc1OCCN1CCCC1. The Kier molecular flexibility index (Phi) is 6.27. The van der Waals surface area contributed by atoms with E-state index in [-0.39, 0.29) is 11.4 Å². The third-order valence-corrected chi connectivity index (χ3v) is 6.21. The maximum atomic E-state index is 13.6. The average molecular weight is 460 g/mol. The summed E-state index contributed by atoms with van der Waals surface area (Å²) in [5.41, 5.74) is 2.53. The fraction of sp³-hybridized carbons (Fsp3) is 0.259. The molecule has 34 heavy (non-hydrogen) atoms. The summed E-state index contributed by atoms with van der Waals surface area (Å²) >= 11 is 0. The second-order valence-corrected chi connectivity index (χ2v) is 8.39. The van der Waals surface area contributed by atoms with Gasteiger partial charge >= 0.3 is 0 Å². The van der Waals surface area contributed by atoms with Crippen LogP contribution in [-0.4, -0.2) is 47.8 Å². The topological polar surface area (TPSA) is 56.6 Å². The summed E-state index contributed by atoms with van der Waals surface area (Å²) in [5.74, 6) is 0.901. The van der Waals surface area contributed by atoms with E-state index in [2.05, 4.69) is 9.88 Å². The van der Waals surface area contributed by atoms with Crippen LogP contribution in [0, 0.1) is 5.82 Å². The van der Waals surface area contributed by atoms with Gasteiger partial charge in [-0.15, -0.1) is 0 Å². The molecule has 0 saturated carbocycles. The first-order valence-corrected chi connectivity index (χ1v) is 11.4. The van der Waals surface area contributed by atoms with Crippen LogP contribution in [0.3, 0.4) is 0 Å². The van der Waals surface area contributed by atoms with Gasteiger partial charge in [0.05, 0.1) is 23.7 Å². The number of ether oxygens (including phenoxy) is 2. The molecule has 0 unspecified atom stereocenters. The first-order valence-electron chi connectivity index (χ1n) is 11.4. The van der Waals surface area contributed by atoms with Crippen LogP contribution in [-0.2, 0) is 0 Å². The third-order valence-electron chi connectivity index (χ3n) is 6.21. The van der Waals surface area contributed by atoms with Crippen LogP contribution in [0.5, 0.6) is 11.5 Å². The van der Waals surface area contributed by atoms with E-state index in [9.17, 15) is 9.18 Å². The Morgan fingerprint density at radius 1 is 0.971 bits per heavy atom. The van der Waals surface area contributed by atoms with Crippen molar-refractivity contribution >= 4 is 10.9 Å². The number of rotatable bonds is 7. The molecule has 1 aromatic heterocycles. The lowest BCUT2D eigenvalue weighted by Gasteiger charge is -2.17. The molecule has 174 valence electrons. The van der Waals surface area contributed by atoms with Crippen molar-refractivity contribution in [2.24, 2.45) is 0 Å². The molecule has 6 nitrogen and oxygen atoms in total. The summed E-state index contributed by atoms with van der Waals surface area (Å²) in [4.78, 5) is 20.1. The molecular formula is C27H26FN3O3. The Labute approximate surface area is 197 Å². The summed E-state index contributed by atoms with van der Waals surface area (Å²) in [6.07, 6.45) is 4.00. The monoisotopic (exact) mass is 459 g/mol. The molecule has 0 aliphatic carbocycles. The minimum atomic E-state index is -0.307. The fourth-order valence-corrected chi connectivity index (χ4v) is 4.37. The maximum absolute atomic E-state index is 13.6. The molecule has 3 aromatic carbocycles.